The van der Waals surface area contributed by atoms with Crippen LogP contribution in [0.25, 0.3) is 0 Å². The Kier molecular flexibility index (Phi) is 4.25. The molecule has 7 heteroatoms. The lowest BCUT2D eigenvalue weighted by atomic mass is 10.0. The Morgan fingerprint density at radius 1 is 1.12 bits per heavy atom. The van der Waals surface area contributed by atoms with Crippen LogP contribution in [0, 0.1) is 5.82 Å². The van der Waals surface area contributed by atoms with Crippen LogP contribution in [0.3, 0.4) is 0 Å². The van der Waals surface area contributed by atoms with Crippen LogP contribution < -0.4 is 4.31 Å². The van der Waals surface area contributed by atoms with Crippen LogP contribution in [0.15, 0.2) is 54.6 Å². The van der Waals surface area contributed by atoms with Gasteiger partial charge < -0.3 is 5.11 Å². The predicted octanol–water partition coefficient (Wildman–Crippen LogP) is 1.98. The van der Waals surface area contributed by atoms with Crippen molar-refractivity contribution in [1.82, 2.24) is 4.90 Å². The van der Waals surface area contributed by atoms with E-state index in [1.165, 1.54) is 16.4 Å². The second-order valence-electron chi connectivity index (χ2n) is 7.04. The summed E-state index contributed by atoms with van der Waals surface area (Å²) in [5.74, 6) is -0.293. The summed E-state index contributed by atoms with van der Waals surface area (Å²) in [7, 11) is -3.68. The number of likely N-dealkylation sites (tertiary alicyclic amines) is 1. The molecule has 1 N–H and O–H groups in total. The van der Waals surface area contributed by atoms with Gasteiger partial charge in [-0.05, 0) is 36.2 Å². The fourth-order valence-corrected chi connectivity index (χ4v) is 6.29. The van der Waals surface area contributed by atoms with E-state index in [0.717, 1.165) is 5.56 Å². The molecular weight excluding hydrogens is 355 g/mol. The van der Waals surface area contributed by atoms with Crippen LogP contribution >= 0.6 is 0 Å². The maximum atomic E-state index is 13.3. The minimum atomic E-state index is -3.68. The Bertz CT molecular complexity index is 889. The number of benzene rings is 2. The molecule has 0 aliphatic carbocycles. The van der Waals surface area contributed by atoms with Gasteiger partial charge in [-0.1, -0.05) is 30.3 Å². The van der Waals surface area contributed by atoms with Crippen molar-refractivity contribution in [2.45, 2.75) is 23.8 Å². The van der Waals surface area contributed by atoms with Crippen molar-refractivity contribution >= 4 is 15.7 Å². The number of aliphatic hydroxyl groups excluding tert-OH is 1. The Labute approximate surface area is 152 Å². The van der Waals surface area contributed by atoms with Crippen LogP contribution in [0.1, 0.15) is 12.0 Å². The zero-order chi connectivity index (χ0) is 18.4. The highest BCUT2D eigenvalue weighted by molar-refractivity contribution is 7.94. The van der Waals surface area contributed by atoms with E-state index in [1.54, 1.807) is 36.4 Å². The van der Waals surface area contributed by atoms with Crippen molar-refractivity contribution in [2.75, 3.05) is 23.9 Å². The highest BCUT2D eigenvalue weighted by Gasteiger charge is 2.61. The average molecular weight is 376 g/mol. The monoisotopic (exact) mass is 376 g/mol. The van der Waals surface area contributed by atoms with E-state index in [4.69, 9.17) is 0 Å². The summed E-state index contributed by atoms with van der Waals surface area (Å²) in [6, 6.07) is 15.1. The second kappa shape index (κ2) is 6.33. The molecule has 2 saturated heterocycles. The van der Waals surface area contributed by atoms with Crippen LogP contribution in [-0.2, 0) is 16.6 Å². The van der Waals surface area contributed by atoms with Crippen molar-refractivity contribution in [1.29, 1.82) is 0 Å². The number of rotatable bonds is 3. The molecule has 0 saturated carbocycles. The van der Waals surface area contributed by atoms with Crippen molar-refractivity contribution in [3.05, 3.63) is 66.0 Å². The quantitative estimate of drug-likeness (QED) is 0.890. The predicted molar refractivity (Wildman–Crippen MR) is 97.7 cm³/mol. The fourth-order valence-electron chi connectivity index (χ4n) is 4.00. The molecule has 2 aliphatic rings. The summed E-state index contributed by atoms with van der Waals surface area (Å²) >= 11 is 0. The number of halogens is 1. The largest absolute Gasteiger partial charge is 0.389 e. The normalized spacial score (nSPS) is 28.1. The van der Waals surface area contributed by atoms with Crippen LogP contribution in [-0.4, -0.2) is 48.9 Å². The highest BCUT2D eigenvalue weighted by atomic mass is 32.2. The summed E-state index contributed by atoms with van der Waals surface area (Å²) in [4.78, 5) is 2.02. The Balaban J connectivity index is 1.57. The Morgan fingerprint density at radius 3 is 2.50 bits per heavy atom. The van der Waals surface area contributed by atoms with Crippen molar-refractivity contribution in [2.24, 2.45) is 0 Å². The first-order chi connectivity index (χ1) is 12.4. The topological polar surface area (TPSA) is 60.9 Å². The van der Waals surface area contributed by atoms with Gasteiger partial charge in [0, 0.05) is 19.6 Å². The standard InChI is InChI=1S/C19H21FN2O3S/c20-16-8-6-15(7-9-16)12-21-11-10-19(14-21)18(23)13-22(26(19,24)25)17-4-2-1-3-5-17/h1-9,18,23H,10-14H2/t18-,19+/m0/s1. The summed E-state index contributed by atoms with van der Waals surface area (Å²) in [6.45, 7) is 1.47. The van der Waals surface area contributed by atoms with Gasteiger partial charge in [-0.3, -0.25) is 9.21 Å². The molecule has 2 fully saturated rings. The zero-order valence-corrected chi connectivity index (χ0v) is 15.1. The molecule has 138 valence electrons. The number of hydrogen-bond donors (Lipinski definition) is 1. The van der Waals surface area contributed by atoms with Crippen molar-refractivity contribution in [3.8, 4) is 0 Å². The van der Waals surface area contributed by atoms with Crippen LogP contribution in [0.4, 0.5) is 10.1 Å². The molecule has 0 bridgehead atoms. The maximum Gasteiger partial charge on any atom is 0.244 e. The number of aliphatic hydroxyl groups is 1. The maximum absolute atomic E-state index is 13.3. The summed E-state index contributed by atoms with van der Waals surface area (Å²) in [5, 5.41) is 10.7. The fraction of sp³-hybridized carbons (Fsp3) is 0.368. The minimum absolute atomic E-state index is 0.0801. The third-order valence-electron chi connectivity index (χ3n) is 5.46. The van der Waals surface area contributed by atoms with E-state index in [9.17, 15) is 17.9 Å². The van der Waals surface area contributed by atoms with Crippen LogP contribution in [0.2, 0.25) is 0 Å². The van der Waals surface area contributed by atoms with E-state index < -0.39 is 20.9 Å². The van der Waals surface area contributed by atoms with Crippen molar-refractivity contribution in [3.63, 3.8) is 0 Å². The first-order valence-corrected chi connectivity index (χ1v) is 10.1. The number of hydrogen-bond acceptors (Lipinski definition) is 4. The third kappa shape index (κ3) is 2.71. The second-order valence-corrected chi connectivity index (χ2v) is 9.24. The molecule has 2 aromatic rings. The Hall–Kier alpha value is -1.96. The van der Waals surface area contributed by atoms with Gasteiger partial charge in [-0.2, -0.15) is 0 Å². The Morgan fingerprint density at radius 2 is 1.81 bits per heavy atom. The number of para-hydroxylation sites is 1. The summed E-state index contributed by atoms with van der Waals surface area (Å²) in [6.07, 6.45) is -0.549. The molecule has 0 unspecified atom stereocenters. The first-order valence-electron chi connectivity index (χ1n) is 8.65. The zero-order valence-electron chi connectivity index (χ0n) is 14.3. The lowest BCUT2D eigenvalue weighted by Gasteiger charge is -2.27. The van der Waals surface area contributed by atoms with Gasteiger partial charge in [0.2, 0.25) is 10.0 Å². The van der Waals surface area contributed by atoms with Crippen LogP contribution in [0.5, 0.6) is 0 Å². The molecule has 4 rings (SSSR count). The van der Waals surface area contributed by atoms with Gasteiger partial charge in [-0.15, -0.1) is 0 Å². The smallest absolute Gasteiger partial charge is 0.244 e. The molecular formula is C19H21FN2O3S. The van der Waals surface area contributed by atoms with Crippen molar-refractivity contribution < 1.29 is 17.9 Å². The molecule has 2 aromatic carbocycles. The van der Waals surface area contributed by atoms with E-state index in [0.29, 0.717) is 25.2 Å². The average Bonchev–Trinajstić information content (AvgIpc) is 3.14. The number of nitrogens with zero attached hydrogens (tertiary/aromatic N) is 2. The van der Waals surface area contributed by atoms with Gasteiger partial charge in [0.1, 0.15) is 10.6 Å². The van der Waals surface area contributed by atoms with Gasteiger partial charge >= 0.3 is 0 Å². The molecule has 0 aromatic heterocycles. The molecule has 2 heterocycles. The van der Waals surface area contributed by atoms with Gasteiger partial charge in [-0.25, -0.2) is 12.8 Å². The molecule has 1 spiro atoms. The lowest BCUT2D eigenvalue weighted by Crippen LogP contribution is -2.47. The lowest BCUT2D eigenvalue weighted by molar-refractivity contribution is 0.143. The molecule has 5 nitrogen and oxygen atoms in total. The summed E-state index contributed by atoms with van der Waals surface area (Å²) in [5.41, 5.74) is 1.51. The number of β-amino-alcohol motifs (C(OH)–C–C–N with tert-alkyl or cyclic N) is 1. The third-order valence-corrected chi connectivity index (χ3v) is 8.03. The van der Waals surface area contributed by atoms with Gasteiger partial charge in [0.25, 0.3) is 0 Å². The van der Waals surface area contributed by atoms with Gasteiger partial charge in [0.15, 0.2) is 0 Å². The molecule has 2 atom stereocenters. The number of sulfonamides is 1. The SMILES string of the molecule is O=S1(=O)N(c2ccccc2)C[C@H](O)[C@]12CCN(Cc1ccc(F)cc1)C2. The molecule has 0 radical (unpaired) electrons. The molecule has 2 aliphatic heterocycles. The first kappa shape index (κ1) is 17.5. The summed E-state index contributed by atoms with van der Waals surface area (Å²) < 4.78 is 39.7. The minimum Gasteiger partial charge on any atom is -0.389 e. The van der Waals surface area contributed by atoms with E-state index >= 15 is 0 Å². The number of anilines is 1. The highest BCUT2D eigenvalue weighted by Crippen LogP contribution is 2.43. The molecule has 0 amide bonds. The molecule has 26 heavy (non-hydrogen) atoms. The van der Waals surface area contributed by atoms with E-state index in [-0.39, 0.29) is 18.9 Å². The van der Waals surface area contributed by atoms with Gasteiger partial charge in [0.05, 0.1) is 18.3 Å². The van der Waals surface area contributed by atoms with E-state index in [1.807, 2.05) is 11.0 Å². The van der Waals surface area contributed by atoms with E-state index in [2.05, 4.69) is 0 Å².